The molecule has 0 aromatic heterocycles. The van der Waals surface area contributed by atoms with Crippen molar-refractivity contribution in [3.05, 3.63) is 59.4 Å². The number of ether oxygens (including phenoxy) is 3. The molecule has 2 aromatic carbocycles. The largest absolute Gasteiger partial charge is 0.497 e. The third-order valence-electron chi connectivity index (χ3n) is 5.07. The Morgan fingerprint density at radius 1 is 1.14 bits per heavy atom. The summed E-state index contributed by atoms with van der Waals surface area (Å²) in [5, 5.41) is 3.02. The molecule has 0 saturated carbocycles. The van der Waals surface area contributed by atoms with Crippen molar-refractivity contribution in [2.75, 3.05) is 47.1 Å². The van der Waals surface area contributed by atoms with Gasteiger partial charge in [-0.15, -0.1) is 0 Å². The van der Waals surface area contributed by atoms with Crippen LogP contribution in [0.4, 0.5) is 4.39 Å². The molecule has 1 heterocycles. The highest BCUT2D eigenvalue weighted by molar-refractivity contribution is 5.79. The molecule has 156 valence electrons. The lowest BCUT2D eigenvalue weighted by atomic mass is 10.0. The van der Waals surface area contributed by atoms with E-state index in [1.54, 1.807) is 44.6 Å². The van der Waals surface area contributed by atoms with Gasteiger partial charge in [0, 0.05) is 25.2 Å². The third kappa shape index (κ3) is 5.68. The highest BCUT2D eigenvalue weighted by Crippen LogP contribution is 2.25. The minimum Gasteiger partial charge on any atom is -0.497 e. The van der Waals surface area contributed by atoms with Crippen LogP contribution in [0.3, 0.4) is 0 Å². The van der Waals surface area contributed by atoms with Crippen LogP contribution in [-0.2, 0) is 16.0 Å². The lowest BCUT2D eigenvalue weighted by Crippen LogP contribution is -2.44. The molecule has 1 saturated heterocycles. The Morgan fingerprint density at radius 2 is 1.86 bits per heavy atom. The van der Waals surface area contributed by atoms with Crippen LogP contribution >= 0.6 is 0 Å². The fraction of sp³-hybridized carbons (Fsp3) is 0.409. The van der Waals surface area contributed by atoms with Crippen LogP contribution < -0.4 is 14.8 Å². The van der Waals surface area contributed by atoms with Crippen molar-refractivity contribution in [2.24, 2.45) is 0 Å². The summed E-state index contributed by atoms with van der Waals surface area (Å²) in [6.45, 7) is 3.25. The Kier molecular flexibility index (Phi) is 7.43. The maximum Gasteiger partial charge on any atom is 0.224 e. The van der Waals surface area contributed by atoms with Gasteiger partial charge in [-0.1, -0.05) is 12.1 Å². The average molecular weight is 402 g/mol. The van der Waals surface area contributed by atoms with E-state index in [9.17, 15) is 9.18 Å². The summed E-state index contributed by atoms with van der Waals surface area (Å²) in [5.41, 5.74) is 1.72. The van der Waals surface area contributed by atoms with Gasteiger partial charge in [0.15, 0.2) is 0 Å². The summed E-state index contributed by atoms with van der Waals surface area (Å²) >= 11 is 0. The average Bonchev–Trinajstić information content (AvgIpc) is 2.75. The first-order valence-electron chi connectivity index (χ1n) is 9.65. The molecule has 6 nitrogen and oxygen atoms in total. The minimum atomic E-state index is -0.274. The predicted octanol–water partition coefficient (Wildman–Crippen LogP) is 2.58. The second kappa shape index (κ2) is 10.2. The summed E-state index contributed by atoms with van der Waals surface area (Å²) in [6, 6.07) is 11.8. The Morgan fingerprint density at radius 3 is 2.52 bits per heavy atom. The molecule has 1 N–H and O–H groups in total. The van der Waals surface area contributed by atoms with E-state index >= 15 is 0 Å². The number of morpholine rings is 1. The normalized spacial score (nSPS) is 15.6. The predicted molar refractivity (Wildman–Crippen MR) is 108 cm³/mol. The minimum absolute atomic E-state index is 0.0457. The van der Waals surface area contributed by atoms with Crippen molar-refractivity contribution in [3.8, 4) is 11.5 Å². The summed E-state index contributed by atoms with van der Waals surface area (Å²) in [7, 11) is 3.16. The van der Waals surface area contributed by atoms with Crippen LogP contribution in [0.5, 0.6) is 11.5 Å². The van der Waals surface area contributed by atoms with E-state index in [-0.39, 0.29) is 24.2 Å². The standard InChI is InChI=1S/C22H27FN2O4/c1-27-19-7-8-21(28-2)17(13-19)14-22(26)24-15-20(25-9-11-29-12-10-25)16-3-5-18(23)6-4-16/h3-8,13,20H,9-12,14-15H2,1-2H3,(H,24,26). The van der Waals surface area contributed by atoms with Crippen molar-refractivity contribution in [1.82, 2.24) is 10.2 Å². The molecule has 1 aliphatic heterocycles. The second-order valence-electron chi connectivity index (χ2n) is 6.87. The Bertz CT molecular complexity index is 807. The van der Waals surface area contributed by atoms with Crippen molar-refractivity contribution in [1.29, 1.82) is 0 Å². The zero-order chi connectivity index (χ0) is 20.6. The van der Waals surface area contributed by atoms with Gasteiger partial charge in [0.05, 0.1) is 39.9 Å². The Balaban J connectivity index is 1.68. The lowest BCUT2D eigenvalue weighted by molar-refractivity contribution is -0.120. The molecule has 0 bridgehead atoms. The number of carbonyl (C=O) groups is 1. The van der Waals surface area contributed by atoms with Crippen molar-refractivity contribution in [2.45, 2.75) is 12.5 Å². The smallest absolute Gasteiger partial charge is 0.224 e. The number of methoxy groups -OCH3 is 2. The second-order valence-corrected chi connectivity index (χ2v) is 6.87. The molecule has 29 heavy (non-hydrogen) atoms. The van der Waals surface area contributed by atoms with E-state index in [1.807, 2.05) is 0 Å². The maximum absolute atomic E-state index is 13.4. The molecule has 3 rings (SSSR count). The summed E-state index contributed by atoms with van der Waals surface area (Å²) < 4.78 is 29.4. The zero-order valence-corrected chi connectivity index (χ0v) is 16.8. The van der Waals surface area contributed by atoms with Crippen LogP contribution in [0.2, 0.25) is 0 Å². The Labute approximate surface area is 170 Å². The molecule has 1 atom stereocenters. The maximum atomic E-state index is 13.4. The van der Waals surface area contributed by atoms with E-state index < -0.39 is 0 Å². The molecule has 1 amide bonds. The number of amides is 1. The number of rotatable bonds is 8. The van der Waals surface area contributed by atoms with Crippen LogP contribution in [0, 0.1) is 5.82 Å². The summed E-state index contributed by atoms with van der Waals surface area (Å²) in [4.78, 5) is 14.9. The van der Waals surface area contributed by atoms with Gasteiger partial charge in [0.1, 0.15) is 17.3 Å². The molecular formula is C22H27FN2O4. The monoisotopic (exact) mass is 402 g/mol. The molecular weight excluding hydrogens is 375 g/mol. The van der Waals surface area contributed by atoms with Crippen molar-refractivity contribution < 1.29 is 23.4 Å². The summed E-state index contributed by atoms with van der Waals surface area (Å²) in [6.07, 6.45) is 0.180. The molecule has 1 fully saturated rings. The van der Waals surface area contributed by atoms with E-state index in [4.69, 9.17) is 14.2 Å². The van der Waals surface area contributed by atoms with Crippen LogP contribution in [0.15, 0.2) is 42.5 Å². The number of benzene rings is 2. The van der Waals surface area contributed by atoms with Gasteiger partial charge in [-0.25, -0.2) is 4.39 Å². The number of nitrogens with one attached hydrogen (secondary N) is 1. The lowest BCUT2D eigenvalue weighted by Gasteiger charge is -2.35. The molecule has 1 unspecified atom stereocenters. The molecule has 0 spiro atoms. The number of hydrogen-bond donors (Lipinski definition) is 1. The van der Waals surface area contributed by atoms with Gasteiger partial charge >= 0.3 is 0 Å². The fourth-order valence-corrected chi connectivity index (χ4v) is 3.50. The number of hydrogen-bond acceptors (Lipinski definition) is 5. The first-order chi connectivity index (χ1) is 14.1. The first kappa shape index (κ1) is 21.1. The number of halogens is 1. The van der Waals surface area contributed by atoms with Crippen molar-refractivity contribution >= 4 is 5.91 Å². The van der Waals surface area contributed by atoms with Gasteiger partial charge in [-0.05, 0) is 35.9 Å². The van der Waals surface area contributed by atoms with Gasteiger partial charge in [0.25, 0.3) is 0 Å². The van der Waals surface area contributed by atoms with Crippen LogP contribution in [0.25, 0.3) is 0 Å². The third-order valence-corrected chi connectivity index (χ3v) is 5.07. The van der Waals surface area contributed by atoms with Gasteiger partial charge < -0.3 is 19.5 Å². The highest BCUT2D eigenvalue weighted by atomic mass is 19.1. The van der Waals surface area contributed by atoms with Gasteiger partial charge in [-0.3, -0.25) is 9.69 Å². The van der Waals surface area contributed by atoms with Crippen LogP contribution in [-0.4, -0.2) is 57.9 Å². The molecule has 2 aromatic rings. The molecule has 7 heteroatoms. The first-order valence-corrected chi connectivity index (χ1v) is 9.65. The quantitative estimate of drug-likeness (QED) is 0.736. The Hall–Kier alpha value is -2.64. The summed E-state index contributed by atoms with van der Waals surface area (Å²) in [5.74, 6) is 0.927. The zero-order valence-electron chi connectivity index (χ0n) is 16.8. The fourth-order valence-electron chi connectivity index (χ4n) is 3.50. The van der Waals surface area contributed by atoms with E-state index in [0.29, 0.717) is 31.3 Å². The molecule has 1 aliphatic rings. The van der Waals surface area contributed by atoms with E-state index in [2.05, 4.69) is 10.2 Å². The molecule has 0 radical (unpaired) electrons. The van der Waals surface area contributed by atoms with E-state index in [0.717, 1.165) is 24.2 Å². The highest BCUT2D eigenvalue weighted by Gasteiger charge is 2.23. The van der Waals surface area contributed by atoms with Crippen molar-refractivity contribution in [3.63, 3.8) is 0 Å². The molecule has 0 aliphatic carbocycles. The van der Waals surface area contributed by atoms with Gasteiger partial charge in [0.2, 0.25) is 5.91 Å². The van der Waals surface area contributed by atoms with E-state index in [1.165, 1.54) is 12.1 Å². The SMILES string of the molecule is COc1ccc(OC)c(CC(=O)NCC(c2ccc(F)cc2)N2CCOCC2)c1. The number of carbonyl (C=O) groups excluding carboxylic acids is 1. The topological polar surface area (TPSA) is 60.0 Å². The van der Waals surface area contributed by atoms with Gasteiger partial charge in [-0.2, -0.15) is 0 Å². The van der Waals surface area contributed by atoms with Crippen LogP contribution in [0.1, 0.15) is 17.2 Å². The number of nitrogens with zero attached hydrogens (tertiary/aromatic N) is 1.